The van der Waals surface area contributed by atoms with Crippen LogP contribution in [0.1, 0.15) is 5.56 Å². The smallest absolute Gasteiger partial charge is 0.234 e. The van der Waals surface area contributed by atoms with Crippen LogP contribution in [0.4, 0.5) is 10.1 Å². The molecular weight excluding hydrogens is 275 g/mol. The third-order valence-electron chi connectivity index (χ3n) is 2.52. The number of para-hydroxylation sites is 1. The topological polar surface area (TPSA) is 52.9 Å². The summed E-state index contributed by atoms with van der Waals surface area (Å²) in [6.07, 6.45) is 0. The Morgan fingerprint density at radius 3 is 2.65 bits per heavy atom. The molecule has 0 aromatic heterocycles. The van der Waals surface area contributed by atoms with Crippen LogP contribution in [0.25, 0.3) is 0 Å². The summed E-state index contributed by atoms with van der Waals surface area (Å²) >= 11 is 1.12. The summed E-state index contributed by atoms with van der Waals surface area (Å²) < 4.78 is 13.4. The molecule has 100 valence electrons. The first-order valence-electron chi connectivity index (χ1n) is 5.87. The van der Waals surface area contributed by atoms with E-state index in [4.69, 9.17) is 5.26 Å². The molecule has 0 saturated carbocycles. The average molecular weight is 286 g/mol. The maximum Gasteiger partial charge on any atom is 0.234 e. The Kier molecular flexibility index (Phi) is 4.75. The van der Waals surface area contributed by atoms with E-state index in [1.54, 1.807) is 42.5 Å². The Morgan fingerprint density at radius 2 is 1.90 bits per heavy atom. The van der Waals surface area contributed by atoms with Crippen LogP contribution in [-0.4, -0.2) is 11.7 Å². The van der Waals surface area contributed by atoms with Crippen LogP contribution in [-0.2, 0) is 4.79 Å². The minimum atomic E-state index is -0.345. The van der Waals surface area contributed by atoms with E-state index in [0.717, 1.165) is 11.8 Å². The summed E-state index contributed by atoms with van der Waals surface area (Å²) in [5.74, 6) is -0.538. The molecule has 5 heteroatoms. The standard InChI is InChI=1S/C15H11FN2OS/c16-12-6-2-4-8-14(12)20-10-15(19)18-13-7-3-1-5-11(13)9-17/h1-8H,10H2,(H,18,19). The van der Waals surface area contributed by atoms with Crippen molar-refractivity contribution in [1.29, 1.82) is 5.26 Å². The highest BCUT2D eigenvalue weighted by Gasteiger charge is 2.08. The molecule has 0 aliphatic heterocycles. The second-order valence-electron chi connectivity index (χ2n) is 3.92. The van der Waals surface area contributed by atoms with Crippen molar-refractivity contribution in [2.24, 2.45) is 0 Å². The summed E-state index contributed by atoms with van der Waals surface area (Å²) in [6.45, 7) is 0. The Hall–Kier alpha value is -2.32. The molecule has 2 rings (SSSR count). The van der Waals surface area contributed by atoms with E-state index in [9.17, 15) is 9.18 Å². The van der Waals surface area contributed by atoms with Gasteiger partial charge in [0.1, 0.15) is 11.9 Å². The highest BCUT2D eigenvalue weighted by molar-refractivity contribution is 8.00. The fourth-order valence-corrected chi connectivity index (χ4v) is 2.32. The molecule has 0 saturated heterocycles. The molecule has 0 unspecified atom stereocenters. The molecule has 0 fully saturated rings. The quantitative estimate of drug-likeness (QED) is 0.876. The zero-order chi connectivity index (χ0) is 14.4. The maximum absolute atomic E-state index is 13.4. The number of carbonyl (C=O) groups excluding carboxylic acids is 1. The van der Waals surface area contributed by atoms with Crippen molar-refractivity contribution < 1.29 is 9.18 Å². The van der Waals surface area contributed by atoms with Crippen LogP contribution < -0.4 is 5.32 Å². The van der Waals surface area contributed by atoms with Crippen LogP contribution in [0.2, 0.25) is 0 Å². The number of halogens is 1. The minimum Gasteiger partial charge on any atom is -0.324 e. The molecule has 2 aromatic rings. The second kappa shape index (κ2) is 6.73. The van der Waals surface area contributed by atoms with Gasteiger partial charge in [-0.2, -0.15) is 5.26 Å². The summed E-state index contributed by atoms with van der Waals surface area (Å²) in [4.78, 5) is 12.2. The van der Waals surface area contributed by atoms with Gasteiger partial charge in [-0.15, -0.1) is 11.8 Å². The van der Waals surface area contributed by atoms with E-state index in [0.29, 0.717) is 16.1 Å². The SMILES string of the molecule is N#Cc1ccccc1NC(=O)CSc1ccccc1F. The molecule has 20 heavy (non-hydrogen) atoms. The molecule has 3 nitrogen and oxygen atoms in total. The Labute approximate surface area is 120 Å². The van der Waals surface area contributed by atoms with Gasteiger partial charge in [-0.05, 0) is 24.3 Å². The number of anilines is 1. The maximum atomic E-state index is 13.4. The molecule has 0 aliphatic carbocycles. The summed E-state index contributed by atoms with van der Waals surface area (Å²) in [5, 5.41) is 11.6. The van der Waals surface area contributed by atoms with E-state index in [-0.39, 0.29) is 17.5 Å². The highest BCUT2D eigenvalue weighted by atomic mass is 32.2. The van der Waals surface area contributed by atoms with E-state index in [1.165, 1.54) is 6.07 Å². The number of carbonyl (C=O) groups is 1. The van der Waals surface area contributed by atoms with Crippen LogP contribution in [0.3, 0.4) is 0 Å². The number of nitrogens with one attached hydrogen (secondary N) is 1. The van der Waals surface area contributed by atoms with Crippen LogP contribution in [0.5, 0.6) is 0 Å². The van der Waals surface area contributed by atoms with Gasteiger partial charge in [0.2, 0.25) is 5.91 Å². The molecule has 0 radical (unpaired) electrons. The Morgan fingerprint density at radius 1 is 1.20 bits per heavy atom. The minimum absolute atomic E-state index is 0.0840. The summed E-state index contributed by atoms with van der Waals surface area (Å²) in [7, 11) is 0. The van der Waals surface area contributed by atoms with Gasteiger partial charge in [0, 0.05) is 4.90 Å². The van der Waals surface area contributed by atoms with E-state index >= 15 is 0 Å². The third kappa shape index (κ3) is 3.59. The molecule has 1 N–H and O–H groups in total. The fraction of sp³-hybridized carbons (Fsp3) is 0.0667. The van der Waals surface area contributed by atoms with Crippen molar-refractivity contribution in [3.8, 4) is 6.07 Å². The third-order valence-corrected chi connectivity index (χ3v) is 3.57. The molecule has 0 bridgehead atoms. The van der Waals surface area contributed by atoms with E-state index in [2.05, 4.69) is 5.32 Å². The first-order valence-corrected chi connectivity index (χ1v) is 6.85. The van der Waals surface area contributed by atoms with Gasteiger partial charge >= 0.3 is 0 Å². The number of amides is 1. The molecule has 0 atom stereocenters. The fourth-order valence-electron chi connectivity index (χ4n) is 1.58. The van der Waals surface area contributed by atoms with Gasteiger partial charge in [-0.1, -0.05) is 24.3 Å². The van der Waals surface area contributed by atoms with Crippen molar-refractivity contribution in [1.82, 2.24) is 0 Å². The molecular formula is C15H11FN2OS. The van der Waals surface area contributed by atoms with Gasteiger partial charge < -0.3 is 5.32 Å². The number of hydrogen-bond donors (Lipinski definition) is 1. The highest BCUT2D eigenvalue weighted by Crippen LogP contribution is 2.21. The summed E-state index contributed by atoms with van der Waals surface area (Å²) in [5.41, 5.74) is 0.867. The average Bonchev–Trinajstić information content (AvgIpc) is 2.47. The lowest BCUT2D eigenvalue weighted by Crippen LogP contribution is -2.14. The Balaban J connectivity index is 1.97. The molecule has 2 aromatic carbocycles. The molecule has 0 heterocycles. The number of nitriles is 1. The van der Waals surface area contributed by atoms with Gasteiger partial charge in [0.25, 0.3) is 0 Å². The lowest BCUT2D eigenvalue weighted by Gasteiger charge is -2.07. The predicted molar refractivity (Wildman–Crippen MR) is 76.9 cm³/mol. The number of benzene rings is 2. The number of rotatable bonds is 4. The van der Waals surface area contributed by atoms with E-state index in [1.807, 2.05) is 6.07 Å². The monoisotopic (exact) mass is 286 g/mol. The predicted octanol–water partition coefficient (Wildman–Crippen LogP) is 3.43. The number of hydrogen-bond acceptors (Lipinski definition) is 3. The van der Waals surface area contributed by atoms with Crippen LogP contribution in [0, 0.1) is 17.1 Å². The van der Waals surface area contributed by atoms with Crippen molar-refractivity contribution >= 4 is 23.4 Å². The zero-order valence-electron chi connectivity index (χ0n) is 10.5. The van der Waals surface area contributed by atoms with Gasteiger partial charge in [0.05, 0.1) is 17.0 Å². The second-order valence-corrected chi connectivity index (χ2v) is 4.94. The van der Waals surface area contributed by atoms with Crippen LogP contribution >= 0.6 is 11.8 Å². The van der Waals surface area contributed by atoms with Gasteiger partial charge in [0.15, 0.2) is 0 Å². The van der Waals surface area contributed by atoms with E-state index < -0.39 is 0 Å². The number of nitrogens with zero attached hydrogens (tertiary/aromatic N) is 1. The van der Waals surface area contributed by atoms with Gasteiger partial charge in [-0.3, -0.25) is 4.79 Å². The van der Waals surface area contributed by atoms with Crippen molar-refractivity contribution in [2.45, 2.75) is 4.90 Å². The number of thioether (sulfide) groups is 1. The zero-order valence-corrected chi connectivity index (χ0v) is 11.3. The summed E-state index contributed by atoms with van der Waals surface area (Å²) in [6, 6.07) is 15.0. The van der Waals surface area contributed by atoms with Gasteiger partial charge in [-0.25, -0.2) is 4.39 Å². The first kappa shape index (κ1) is 14.1. The molecule has 0 spiro atoms. The molecule has 1 amide bonds. The molecule has 0 aliphatic rings. The van der Waals surface area contributed by atoms with Crippen molar-refractivity contribution in [3.05, 3.63) is 59.9 Å². The Bertz CT molecular complexity index is 667. The largest absolute Gasteiger partial charge is 0.324 e. The van der Waals surface area contributed by atoms with Crippen molar-refractivity contribution in [2.75, 3.05) is 11.1 Å². The lowest BCUT2D eigenvalue weighted by molar-refractivity contribution is -0.113. The normalized spacial score (nSPS) is 9.80. The lowest BCUT2D eigenvalue weighted by atomic mass is 10.2. The van der Waals surface area contributed by atoms with Crippen molar-refractivity contribution in [3.63, 3.8) is 0 Å². The van der Waals surface area contributed by atoms with Crippen LogP contribution in [0.15, 0.2) is 53.4 Å². The first-order chi connectivity index (χ1) is 9.70.